The number of nitrogens with one attached hydrogen (secondary N) is 1. The maximum Gasteiger partial charge on any atom is 0.256 e. The molecule has 0 saturated carbocycles. The minimum absolute atomic E-state index is 0.00186. The number of anilines is 1. The zero-order valence-corrected chi connectivity index (χ0v) is 15.5. The van der Waals surface area contributed by atoms with Gasteiger partial charge in [-0.15, -0.1) is 0 Å². The molecule has 1 aliphatic heterocycles. The van der Waals surface area contributed by atoms with E-state index in [0.29, 0.717) is 30.2 Å². The van der Waals surface area contributed by atoms with Gasteiger partial charge in [-0.25, -0.2) is 0 Å². The minimum Gasteiger partial charge on any atom is -0.387 e. The number of carbonyl (C=O) groups is 2. The first-order valence-corrected chi connectivity index (χ1v) is 9.15. The molecule has 1 saturated heterocycles. The van der Waals surface area contributed by atoms with E-state index in [9.17, 15) is 9.59 Å². The van der Waals surface area contributed by atoms with Crippen molar-refractivity contribution < 1.29 is 9.59 Å². The Morgan fingerprint density at radius 1 is 1.16 bits per heavy atom. The fraction of sp³-hybridized carbons (Fsp3) is 0.474. The van der Waals surface area contributed by atoms with Crippen LogP contribution in [0.5, 0.6) is 0 Å². The summed E-state index contributed by atoms with van der Waals surface area (Å²) in [5, 5.41) is 3.77. The molecule has 134 valence electrons. The molecule has 1 aromatic rings. The predicted molar refractivity (Wildman–Crippen MR) is 99.8 cm³/mol. The highest BCUT2D eigenvalue weighted by Crippen LogP contribution is 2.31. The van der Waals surface area contributed by atoms with Crippen LogP contribution in [0, 0.1) is 0 Å². The highest BCUT2D eigenvalue weighted by molar-refractivity contribution is 6.32. The number of amides is 2. The maximum atomic E-state index is 12.9. The Bertz CT molecular complexity index is 716. The number of hydrogen-bond acceptors (Lipinski definition) is 3. The molecule has 3 rings (SSSR count). The van der Waals surface area contributed by atoms with Crippen molar-refractivity contribution in [3.05, 3.63) is 40.4 Å². The number of para-hydroxylation sites is 1. The van der Waals surface area contributed by atoms with Crippen LogP contribution in [0.15, 0.2) is 34.9 Å². The van der Waals surface area contributed by atoms with Crippen LogP contribution in [-0.2, 0) is 4.79 Å². The van der Waals surface area contributed by atoms with E-state index in [2.05, 4.69) is 5.32 Å². The summed E-state index contributed by atoms with van der Waals surface area (Å²) in [5.41, 5.74) is 2.24. The summed E-state index contributed by atoms with van der Waals surface area (Å²) < 4.78 is 0. The van der Waals surface area contributed by atoms with Gasteiger partial charge in [0.15, 0.2) is 0 Å². The first-order chi connectivity index (χ1) is 12.0. The molecule has 1 atom stereocenters. The van der Waals surface area contributed by atoms with Gasteiger partial charge in [0.2, 0.25) is 0 Å². The first-order valence-electron chi connectivity index (χ1n) is 8.77. The quantitative estimate of drug-likeness (QED) is 0.900. The van der Waals surface area contributed by atoms with Crippen LogP contribution in [0.3, 0.4) is 0 Å². The van der Waals surface area contributed by atoms with Gasteiger partial charge in [0.25, 0.3) is 11.8 Å². The highest BCUT2D eigenvalue weighted by atomic mass is 35.5. The van der Waals surface area contributed by atoms with Gasteiger partial charge in [0, 0.05) is 49.0 Å². The van der Waals surface area contributed by atoms with E-state index < -0.39 is 0 Å². The number of piperazine rings is 1. The Morgan fingerprint density at radius 3 is 2.56 bits per heavy atom. The number of nitrogens with zero attached hydrogens (tertiary/aromatic N) is 2. The molecule has 25 heavy (non-hydrogen) atoms. The molecule has 0 radical (unpaired) electrons. The van der Waals surface area contributed by atoms with Gasteiger partial charge in [-0.3, -0.25) is 9.59 Å². The summed E-state index contributed by atoms with van der Waals surface area (Å²) in [6.07, 6.45) is 2.52. The smallest absolute Gasteiger partial charge is 0.256 e. The summed E-state index contributed by atoms with van der Waals surface area (Å²) in [6.45, 7) is 3.61. The van der Waals surface area contributed by atoms with Gasteiger partial charge in [-0.2, -0.15) is 0 Å². The van der Waals surface area contributed by atoms with Crippen molar-refractivity contribution in [3.63, 3.8) is 0 Å². The number of benzene rings is 1. The van der Waals surface area contributed by atoms with Crippen LogP contribution in [0.4, 0.5) is 5.69 Å². The predicted octanol–water partition coefficient (Wildman–Crippen LogP) is 3.08. The summed E-state index contributed by atoms with van der Waals surface area (Å²) in [4.78, 5) is 29.3. The van der Waals surface area contributed by atoms with Gasteiger partial charge in [0.05, 0.1) is 5.56 Å². The van der Waals surface area contributed by atoms with Crippen molar-refractivity contribution >= 4 is 29.1 Å². The van der Waals surface area contributed by atoms with Crippen LogP contribution in [0.1, 0.15) is 36.5 Å². The zero-order valence-electron chi connectivity index (χ0n) is 14.7. The van der Waals surface area contributed by atoms with Crippen LogP contribution in [0.2, 0.25) is 0 Å². The third-order valence-corrected chi connectivity index (χ3v) is 5.43. The Labute approximate surface area is 153 Å². The number of halogens is 1. The normalized spacial score (nSPS) is 20.8. The lowest BCUT2D eigenvalue weighted by Gasteiger charge is -2.40. The fourth-order valence-electron chi connectivity index (χ4n) is 3.60. The molecule has 1 aliphatic carbocycles. The van der Waals surface area contributed by atoms with Crippen molar-refractivity contribution in [1.29, 1.82) is 0 Å². The molecule has 0 spiro atoms. The van der Waals surface area contributed by atoms with Gasteiger partial charge in [-0.05, 0) is 38.3 Å². The Balaban J connectivity index is 1.70. The molecule has 1 fully saturated rings. The molecule has 0 aromatic heterocycles. The monoisotopic (exact) mass is 361 g/mol. The van der Waals surface area contributed by atoms with E-state index in [4.69, 9.17) is 11.6 Å². The molecular formula is C19H24ClN3O2. The van der Waals surface area contributed by atoms with E-state index in [-0.39, 0.29) is 17.9 Å². The van der Waals surface area contributed by atoms with Gasteiger partial charge in [-0.1, -0.05) is 23.7 Å². The molecule has 6 heteroatoms. The third kappa shape index (κ3) is 3.52. The van der Waals surface area contributed by atoms with Crippen molar-refractivity contribution in [3.8, 4) is 0 Å². The van der Waals surface area contributed by atoms with Crippen LogP contribution >= 0.6 is 11.6 Å². The second kappa shape index (κ2) is 7.48. The second-order valence-electron chi connectivity index (χ2n) is 6.63. The Hall–Kier alpha value is -2.01. The van der Waals surface area contributed by atoms with E-state index in [1.54, 1.807) is 0 Å². The second-order valence-corrected chi connectivity index (χ2v) is 7.09. The van der Waals surface area contributed by atoms with Crippen molar-refractivity contribution in [2.75, 3.05) is 32.0 Å². The number of rotatable bonds is 3. The number of allylic oxidation sites excluding steroid dienone is 1. The molecule has 1 heterocycles. The Kier molecular flexibility index (Phi) is 5.33. The van der Waals surface area contributed by atoms with Crippen molar-refractivity contribution in [2.24, 2.45) is 0 Å². The molecule has 0 unspecified atom stereocenters. The molecule has 2 amide bonds. The first kappa shape index (κ1) is 17.8. The molecule has 0 bridgehead atoms. The van der Waals surface area contributed by atoms with E-state index >= 15 is 0 Å². The molecule has 1 aromatic carbocycles. The summed E-state index contributed by atoms with van der Waals surface area (Å²) in [5.74, 6) is 0.0414. The fourth-order valence-corrected chi connectivity index (χ4v) is 3.91. The third-order valence-electron chi connectivity index (χ3n) is 5.01. The van der Waals surface area contributed by atoms with Gasteiger partial charge >= 0.3 is 0 Å². The lowest BCUT2D eigenvalue weighted by molar-refractivity contribution is -0.131. The lowest BCUT2D eigenvalue weighted by Crippen LogP contribution is -2.55. The maximum absolute atomic E-state index is 12.9. The molecule has 1 N–H and O–H groups in total. The molecule has 5 nitrogen and oxygen atoms in total. The van der Waals surface area contributed by atoms with Crippen LogP contribution in [-0.4, -0.2) is 54.3 Å². The highest BCUT2D eigenvalue weighted by Gasteiger charge is 2.33. The van der Waals surface area contributed by atoms with Crippen molar-refractivity contribution in [1.82, 2.24) is 9.80 Å². The minimum atomic E-state index is -0.0236. The lowest BCUT2D eigenvalue weighted by atomic mass is 10.1. The topological polar surface area (TPSA) is 52.7 Å². The zero-order chi connectivity index (χ0) is 18.0. The van der Waals surface area contributed by atoms with E-state index in [0.717, 1.165) is 30.5 Å². The van der Waals surface area contributed by atoms with Crippen LogP contribution in [0.25, 0.3) is 0 Å². The summed E-state index contributed by atoms with van der Waals surface area (Å²) in [6, 6.07) is 7.47. The largest absolute Gasteiger partial charge is 0.387 e. The average Bonchev–Trinajstić information content (AvgIpc) is 3.06. The number of carbonyl (C=O) groups excluding carboxylic acids is 2. The van der Waals surface area contributed by atoms with E-state index in [1.807, 2.05) is 48.0 Å². The molecule has 2 aliphatic rings. The molecular weight excluding hydrogens is 338 g/mol. The SMILES string of the molecule is CNc1ccccc1C(=O)N1CCN(C(=O)C2=C(Cl)CCC2)[C@H](C)C1. The summed E-state index contributed by atoms with van der Waals surface area (Å²) >= 11 is 6.19. The number of hydrogen-bond donors (Lipinski definition) is 1. The van der Waals surface area contributed by atoms with Gasteiger partial charge < -0.3 is 15.1 Å². The van der Waals surface area contributed by atoms with E-state index in [1.165, 1.54) is 0 Å². The van der Waals surface area contributed by atoms with Crippen LogP contribution < -0.4 is 5.32 Å². The average molecular weight is 362 g/mol. The Morgan fingerprint density at radius 2 is 1.92 bits per heavy atom. The standard InChI is InChI=1S/C19H24ClN3O2/c1-13-12-22(18(24)15-6-3-4-9-17(15)21-2)10-11-23(13)19(25)14-7-5-8-16(14)20/h3-4,6,9,13,21H,5,7-8,10-12H2,1-2H3/t13-/m1/s1. The summed E-state index contributed by atoms with van der Waals surface area (Å²) in [7, 11) is 1.81. The van der Waals surface area contributed by atoms with Gasteiger partial charge in [0.1, 0.15) is 0 Å². The van der Waals surface area contributed by atoms with Crippen molar-refractivity contribution in [2.45, 2.75) is 32.2 Å².